The fourth-order valence-corrected chi connectivity index (χ4v) is 0.975. The summed E-state index contributed by atoms with van der Waals surface area (Å²) in [7, 11) is 0. The minimum absolute atomic E-state index is 0.388. The summed E-state index contributed by atoms with van der Waals surface area (Å²) in [5, 5.41) is 19.5. The number of hydrogen-bond donors (Lipinski definition) is 4. The number of anilines is 2. The van der Waals surface area contributed by atoms with Crippen LogP contribution >= 0.6 is 0 Å². The second-order valence-corrected chi connectivity index (χ2v) is 2.88. The Bertz CT molecular complexity index is 360. The molecule has 0 aliphatic rings. The van der Waals surface area contributed by atoms with E-state index in [2.05, 4.69) is 5.32 Å². The van der Waals surface area contributed by atoms with Crippen molar-refractivity contribution in [2.24, 2.45) is 0 Å². The van der Waals surface area contributed by atoms with Crippen molar-refractivity contribution in [1.82, 2.24) is 0 Å². The average molecular weight is 210 g/mol. The first kappa shape index (κ1) is 10.8. The molecule has 1 rings (SSSR count). The predicted octanol–water partition coefficient (Wildman–Crippen LogP) is 0.218. The van der Waals surface area contributed by atoms with Crippen LogP contribution in [0.15, 0.2) is 24.3 Å². The molecule has 0 bridgehead atoms. The molecule has 0 saturated carbocycles. The van der Waals surface area contributed by atoms with Crippen LogP contribution in [0.3, 0.4) is 0 Å². The predicted molar refractivity (Wildman–Crippen MR) is 53.5 cm³/mol. The van der Waals surface area contributed by atoms with E-state index in [0.29, 0.717) is 11.4 Å². The first-order valence-corrected chi connectivity index (χ1v) is 4.08. The molecule has 0 aromatic heterocycles. The highest BCUT2D eigenvalue weighted by Gasteiger charge is 2.25. The number of nitrogens with two attached hydrogens (primary N) is 1. The van der Waals surface area contributed by atoms with Gasteiger partial charge in [0, 0.05) is 11.4 Å². The number of aliphatic carboxylic acids is 2. The normalized spacial score (nSPS) is 9.93. The maximum absolute atomic E-state index is 10.5. The molecule has 0 saturated heterocycles. The van der Waals surface area contributed by atoms with Gasteiger partial charge in [-0.05, 0) is 24.3 Å². The largest absolute Gasteiger partial charge is 0.479 e. The lowest BCUT2D eigenvalue weighted by Crippen LogP contribution is -2.37. The molecular formula is C9H10N2O4. The van der Waals surface area contributed by atoms with Gasteiger partial charge in [0.15, 0.2) is 0 Å². The fourth-order valence-electron chi connectivity index (χ4n) is 0.975. The number of carbonyl (C=O) groups is 2. The highest BCUT2D eigenvalue weighted by atomic mass is 16.4. The number of carboxylic acids is 2. The molecule has 5 N–H and O–H groups in total. The summed E-state index contributed by atoms with van der Waals surface area (Å²) in [6, 6.07) is 4.45. The van der Waals surface area contributed by atoms with E-state index in [-0.39, 0.29) is 0 Å². The van der Waals surface area contributed by atoms with E-state index in [9.17, 15) is 9.59 Å². The number of carboxylic acid groups (broad SMARTS) is 2. The Morgan fingerprint density at radius 1 is 1.13 bits per heavy atom. The minimum Gasteiger partial charge on any atom is -0.479 e. The smallest absolute Gasteiger partial charge is 0.337 e. The van der Waals surface area contributed by atoms with Crippen molar-refractivity contribution in [3.63, 3.8) is 0 Å². The molecular weight excluding hydrogens is 200 g/mol. The number of benzene rings is 1. The fraction of sp³-hybridized carbons (Fsp3) is 0.111. The molecule has 0 aliphatic carbocycles. The van der Waals surface area contributed by atoms with E-state index in [4.69, 9.17) is 15.9 Å². The Morgan fingerprint density at radius 2 is 1.60 bits per heavy atom. The third-order valence-corrected chi connectivity index (χ3v) is 1.72. The first-order chi connectivity index (χ1) is 7.00. The van der Waals surface area contributed by atoms with E-state index in [1.165, 1.54) is 12.1 Å². The van der Waals surface area contributed by atoms with Gasteiger partial charge in [-0.2, -0.15) is 0 Å². The zero-order valence-electron chi connectivity index (χ0n) is 7.68. The molecule has 6 nitrogen and oxygen atoms in total. The second-order valence-electron chi connectivity index (χ2n) is 2.88. The summed E-state index contributed by atoms with van der Waals surface area (Å²) in [6.07, 6.45) is 0. The van der Waals surface area contributed by atoms with Crippen LogP contribution in [0.4, 0.5) is 11.4 Å². The molecule has 0 spiro atoms. The van der Waals surface area contributed by atoms with Crippen molar-refractivity contribution >= 4 is 23.3 Å². The lowest BCUT2D eigenvalue weighted by molar-refractivity contribution is -0.148. The second kappa shape index (κ2) is 4.32. The lowest BCUT2D eigenvalue weighted by Gasteiger charge is -2.11. The Kier molecular flexibility index (Phi) is 3.12. The molecule has 0 amide bonds. The van der Waals surface area contributed by atoms with E-state index < -0.39 is 18.0 Å². The Morgan fingerprint density at radius 3 is 2.00 bits per heavy atom. The topological polar surface area (TPSA) is 113 Å². The van der Waals surface area contributed by atoms with Gasteiger partial charge < -0.3 is 21.3 Å². The van der Waals surface area contributed by atoms with E-state index in [1.54, 1.807) is 12.1 Å². The van der Waals surface area contributed by atoms with Gasteiger partial charge in [0.05, 0.1) is 0 Å². The van der Waals surface area contributed by atoms with Crippen molar-refractivity contribution in [3.8, 4) is 0 Å². The third kappa shape index (κ3) is 2.87. The van der Waals surface area contributed by atoms with Crippen LogP contribution < -0.4 is 11.1 Å². The zero-order valence-corrected chi connectivity index (χ0v) is 7.68. The summed E-state index contributed by atoms with van der Waals surface area (Å²) in [5.41, 5.74) is 6.32. The van der Waals surface area contributed by atoms with Crippen molar-refractivity contribution in [3.05, 3.63) is 24.3 Å². The molecule has 15 heavy (non-hydrogen) atoms. The van der Waals surface area contributed by atoms with Crippen LogP contribution in [-0.2, 0) is 9.59 Å². The van der Waals surface area contributed by atoms with E-state index in [0.717, 1.165) is 0 Å². The lowest BCUT2D eigenvalue weighted by atomic mass is 10.2. The summed E-state index contributed by atoms with van der Waals surface area (Å²) in [6.45, 7) is 0. The van der Waals surface area contributed by atoms with Crippen molar-refractivity contribution in [2.45, 2.75) is 6.04 Å². The van der Waals surface area contributed by atoms with Crippen LogP contribution in [0.5, 0.6) is 0 Å². The van der Waals surface area contributed by atoms with Gasteiger partial charge in [0.2, 0.25) is 6.04 Å². The van der Waals surface area contributed by atoms with Gasteiger partial charge in [-0.25, -0.2) is 9.59 Å². The van der Waals surface area contributed by atoms with Gasteiger partial charge in [0.25, 0.3) is 0 Å². The quantitative estimate of drug-likeness (QED) is 0.417. The Balaban J connectivity index is 2.79. The number of rotatable bonds is 4. The van der Waals surface area contributed by atoms with Gasteiger partial charge in [-0.15, -0.1) is 0 Å². The standard InChI is InChI=1S/C9H10N2O4/c10-5-1-3-6(4-2-5)11-7(8(12)13)9(14)15/h1-4,7,11H,10H2,(H,12,13)(H,14,15). The molecule has 0 aliphatic heterocycles. The summed E-state index contributed by atoms with van der Waals surface area (Å²) >= 11 is 0. The minimum atomic E-state index is -1.66. The molecule has 0 fully saturated rings. The van der Waals surface area contributed by atoms with Gasteiger partial charge in [-0.1, -0.05) is 0 Å². The molecule has 1 aromatic rings. The maximum atomic E-state index is 10.5. The molecule has 6 heteroatoms. The summed E-state index contributed by atoms with van der Waals surface area (Å²) < 4.78 is 0. The highest BCUT2D eigenvalue weighted by molar-refractivity contribution is 6.00. The van der Waals surface area contributed by atoms with Crippen molar-refractivity contribution in [1.29, 1.82) is 0 Å². The zero-order chi connectivity index (χ0) is 11.4. The van der Waals surface area contributed by atoms with Gasteiger partial charge in [0.1, 0.15) is 0 Å². The molecule has 80 valence electrons. The van der Waals surface area contributed by atoms with E-state index in [1.807, 2.05) is 0 Å². The third-order valence-electron chi connectivity index (χ3n) is 1.72. The van der Waals surface area contributed by atoms with E-state index >= 15 is 0 Å². The van der Waals surface area contributed by atoms with Crippen LogP contribution in [-0.4, -0.2) is 28.2 Å². The number of nitrogen functional groups attached to an aromatic ring is 1. The van der Waals surface area contributed by atoms with Crippen molar-refractivity contribution < 1.29 is 19.8 Å². The number of hydrogen-bond acceptors (Lipinski definition) is 4. The molecule has 0 radical (unpaired) electrons. The SMILES string of the molecule is Nc1ccc(NC(C(=O)O)C(=O)O)cc1. The maximum Gasteiger partial charge on any atom is 0.337 e. The first-order valence-electron chi connectivity index (χ1n) is 4.08. The highest BCUT2D eigenvalue weighted by Crippen LogP contribution is 2.11. The monoisotopic (exact) mass is 210 g/mol. The van der Waals surface area contributed by atoms with Gasteiger partial charge in [-0.3, -0.25) is 0 Å². The summed E-state index contributed by atoms with van der Waals surface area (Å²) in [4.78, 5) is 21.1. The van der Waals surface area contributed by atoms with Crippen LogP contribution in [0, 0.1) is 0 Å². The Labute approximate surface area is 85.3 Å². The van der Waals surface area contributed by atoms with Crippen LogP contribution in [0.2, 0.25) is 0 Å². The molecule has 0 unspecified atom stereocenters. The van der Waals surface area contributed by atoms with Crippen LogP contribution in [0.1, 0.15) is 0 Å². The Hall–Kier alpha value is -2.24. The average Bonchev–Trinajstić information content (AvgIpc) is 2.15. The molecule has 0 atom stereocenters. The number of nitrogens with one attached hydrogen (secondary N) is 1. The summed E-state index contributed by atoms with van der Waals surface area (Å²) in [5.74, 6) is -2.89. The molecule has 1 aromatic carbocycles. The van der Waals surface area contributed by atoms with Crippen LogP contribution in [0.25, 0.3) is 0 Å². The van der Waals surface area contributed by atoms with Crippen molar-refractivity contribution in [2.75, 3.05) is 11.1 Å². The molecule has 0 heterocycles. The van der Waals surface area contributed by atoms with Gasteiger partial charge >= 0.3 is 11.9 Å².